The van der Waals surface area contributed by atoms with E-state index in [1.807, 2.05) is 62.6 Å². The molecular weight excluding hydrogens is 522 g/mol. The third-order valence-electron chi connectivity index (χ3n) is 6.12. The molecule has 0 spiro atoms. The molecule has 1 aliphatic heterocycles. The van der Waals surface area contributed by atoms with Crippen molar-refractivity contribution in [3.8, 4) is 17.2 Å². The number of nitrogens with zero attached hydrogens (tertiary/aromatic N) is 3. The minimum atomic E-state index is -1.00. The van der Waals surface area contributed by atoms with Crippen molar-refractivity contribution in [1.29, 1.82) is 0 Å². The number of carboxylic acids is 1. The smallest absolute Gasteiger partial charge is 0.339 e. The highest BCUT2D eigenvalue weighted by Gasteiger charge is 2.21. The van der Waals surface area contributed by atoms with E-state index in [1.165, 1.54) is 5.56 Å². The molecule has 0 bridgehead atoms. The minimum Gasteiger partial charge on any atom is -0.492 e. The summed E-state index contributed by atoms with van der Waals surface area (Å²) in [5.41, 5.74) is 2.32. The summed E-state index contributed by atoms with van der Waals surface area (Å²) in [4.78, 5) is 18.5. The number of halogens is 1. The molecule has 7 nitrogen and oxygen atoms in total. The van der Waals surface area contributed by atoms with Crippen LogP contribution >= 0.6 is 15.9 Å². The first-order chi connectivity index (χ1) is 17.4. The predicted octanol–water partition coefficient (Wildman–Crippen LogP) is 5.20. The average molecular weight is 554 g/mol. The van der Waals surface area contributed by atoms with Crippen molar-refractivity contribution >= 4 is 27.6 Å². The summed E-state index contributed by atoms with van der Waals surface area (Å²) in [6.07, 6.45) is 0. The van der Waals surface area contributed by atoms with Gasteiger partial charge in [0.25, 0.3) is 0 Å². The Bertz CT molecular complexity index is 1160. The third kappa shape index (κ3) is 7.00. The number of rotatable bonds is 10. The molecule has 1 N–H and O–H groups in total. The normalized spacial score (nSPS) is 14.2. The second-order valence-electron chi connectivity index (χ2n) is 9.07. The number of aromatic carboxylic acids is 1. The van der Waals surface area contributed by atoms with Gasteiger partial charge >= 0.3 is 5.97 Å². The van der Waals surface area contributed by atoms with Gasteiger partial charge in [-0.3, -0.25) is 4.90 Å². The monoisotopic (exact) mass is 553 g/mol. The van der Waals surface area contributed by atoms with Gasteiger partial charge in [-0.05, 0) is 62.1 Å². The van der Waals surface area contributed by atoms with Gasteiger partial charge in [-0.2, -0.15) is 0 Å². The van der Waals surface area contributed by atoms with Crippen LogP contribution < -0.4 is 14.4 Å². The summed E-state index contributed by atoms with van der Waals surface area (Å²) in [5.74, 6) is 0.845. The number of carboxylic acid groups (broad SMARTS) is 1. The third-order valence-corrected chi connectivity index (χ3v) is 6.90. The number of ether oxygens (including phenoxy) is 2. The fourth-order valence-electron chi connectivity index (χ4n) is 4.10. The number of benzene rings is 3. The van der Waals surface area contributed by atoms with Crippen molar-refractivity contribution in [2.75, 3.05) is 58.3 Å². The van der Waals surface area contributed by atoms with Gasteiger partial charge in [-0.1, -0.05) is 34.1 Å². The number of likely N-dealkylation sites (N-methyl/N-ethyl adjacent to an activating group) is 1. The van der Waals surface area contributed by atoms with E-state index in [1.54, 1.807) is 6.07 Å². The van der Waals surface area contributed by atoms with E-state index in [-0.39, 0.29) is 5.56 Å². The standard InChI is InChI=1S/C28H32BrN3O4/c1-30(2)16-17-35-24-9-11-26(29)21(18-24)20-31-12-14-32(15-13-31)22-8-10-25(28(33)34)27(19-22)36-23-6-4-3-5-7-23/h3-11,18-19H,12-17,20H2,1-2H3,(H,33,34). The number of carbonyl (C=O) groups is 1. The maximum absolute atomic E-state index is 11.7. The molecule has 3 aromatic rings. The minimum absolute atomic E-state index is 0.152. The van der Waals surface area contributed by atoms with Crippen molar-refractivity contribution in [3.05, 3.63) is 82.3 Å². The molecule has 190 valence electrons. The van der Waals surface area contributed by atoms with Crippen molar-refractivity contribution in [2.24, 2.45) is 0 Å². The summed E-state index contributed by atoms with van der Waals surface area (Å²) in [6, 6.07) is 20.7. The lowest BCUT2D eigenvalue weighted by Gasteiger charge is -2.36. The molecule has 36 heavy (non-hydrogen) atoms. The molecule has 0 radical (unpaired) electrons. The molecule has 0 unspecified atom stereocenters. The molecule has 4 rings (SSSR count). The van der Waals surface area contributed by atoms with Crippen LogP contribution in [0.5, 0.6) is 17.2 Å². The fourth-order valence-corrected chi connectivity index (χ4v) is 4.47. The average Bonchev–Trinajstić information content (AvgIpc) is 2.86. The molecular formula is C28H32BrN3O4. The molecule has 0 saturated carbocycles. The van der Waals surface area contributed by atoms with Crippen LogP contribution in [0.25, 0.3) is 0 Å². The second kappa shape index (κ2) is 12.3. The van der Waals surface area contributed by atoms with E-state index < -0.39 is 5.97 Å². The van der Waals surface area contributed by atoms with Gasteiger partial charge in [0, 0.05) is 55.5 Å². The predicted molar refractivity (Wildman–Crippen MR) is 146 cm³/mol. The molecule has 1 fully saturated rings. The van der Waals surface area contributed by atoms with Crippen LogP contribution in [0, 0.1) is 0 Å². The molecule has 0 aromatic heterocycles. The zero-order valence-corrected chi connectivity index (χ0v) is 22.3. The van der Waals surface area contributed by atoms with E-state index >= 15 is 0 Å². The second-order valence-corrected chi connectivity index (χ2v) is 9.92. The Morgan fingerprint density at radius 1 is 0.972 bits per heavy atom. The molecule has 0 amide bonds. The van der Waals surface area contributed by atoms with Crippen molar-refractivity contribution in [3.63, 3.8) is 0 Å². The lowest BCUT2D eigenvalue weighted by molar-refractivity contribution is 0.0694. The van der Waals surface area contributed by atoms with Gasteiger partial charge in [0.15, 0.2) is 0 Å². The Morgan fingerprint density at radius 3 is 2.42 bits per heavy atom. The Balaban J connectivity index is 1.39. The molecule has 1 aliphatic rings. The summed E-state index contributed by atoms with van der Waals surface area (Å²) in [6.45, 7) is 5.84. The fraction of sp³-hybridized carbons (Fsp3) is 0.321. The van der Waals surface area contributed by atoms with E-state index in [2.05, 4.69) is 42.8 Å². The van der Waals surface area contributed by atoms with Crippen LogP contribution in [0.1, 0.15) is 15.9 Å². The SMILES string of the molecule is CN(C)CCOc1ccc(Br)c(CN2CCN(c3ccc(C(=O)O)c(Oc4ccccc4)c3)CC2)c1. The molecule has 3 aromatic carbocycles. The first-order valence-corrected chi connectivity index (χ1v) is 12.8. The quantitative estimate of drug-likeness (QED) is 0.370. The number of para-hydroxylation sites is 1. The molecule has 1 saturated heterocycles. The van der Waals surface area contributed by atoms with Crippen LogP contribution in [0.3, 0.4) is 0 Å². The number of piperazine rings is 1. The first-order valence-electron chi connectivity index (χ1n) is 12.0. The van der Waals surface area contributed by atoms with Crippen LogP contribution in [0.4, 0.5) is 5.69 Å². The highest BCUT2D eigenvalue weighted by atomic mass is 79.9. The molecule has 8 heteroatoms. The number of hydrogen-bond donors (Lipinski definition) is 1. The van der Waals surface area contributed by atoms with E-state index in [0.717, 1.165) is 55.2 Å². The lowest BCUT2D eigenvalue weighted by atomic mass is 10.1. The summed E-state index contributed by atoms with van der Waals surface area (Å²) in [5, 5.41) is 9.62. The maximum atomic E-state index is 11.7. The maximum Gasteiger partial charge on any atom is 0.339 e. The van der Waals surface area contributed by atoms with Crippen molar-refractivity contribution in [1.82, 2.24) is 9.80 Å². The van der Waals surface area contributed by atoms with Gasteiger partial charge in [-0.25, -0.2) is 4.79 Å². The summed E-state index contributed by atoms with van der Waals surface area (Å²) >= 11 is 3.69. The van der Waals surface area contributed by atoms with E-state index in [0.29, 0.717) is 18.1 Å². The van der Waals surface area contributed by atoms with Crippen LogP contribution in [0.2, 0.25) is 0 Å². The molecule has 0 atom stereocenters. The Hall–Kier alpha value is -3.07. The number of anilines is 1. The van der Waals surface area contributed by atoms with Gasteiger partial charge in [-0.15, -0.1) is 0 Å². The van der Waals surface area contributed by atoms with Crippen molar-refractivity contribution in [2.45, 2.75) is 6.54 Å². The topological polar surface area (TPSA) is 65.5 Å². The highest BCUT2D eigenvalue weighted by Crippen LogP contribution is 2.31. The van der Waals surface area contributed by atoms with Crippen LogP contribution in [0.15, 0.2) is 71.2 Å². The lowest BCUT2D eigenvalue weighted by Crippen LogP contribution is -2.46. The van der Waals surface area contributed by atoms with Gasteiger partial charge < -0.3 is 24.4 Å². The zero-order valence-electron chi connectivity index (χ0n) is 20.7. The molecule has 1 heterocycles. The van der Waals surface area contributed by atoms with Gasteiger partial charge in [0.05, 0.1) is 0 Å². The van der Waals surface area contributed by atoms with Gasteiger partial charge in [0.2, 0.25) is 0 Å². The van der Waals surface area contributed by atoms with E-state index in [4.69, 9.17) is 9.47 Å². The summed E-state index contributed by atoms with van der Waals surface area (Å²) in [7, 11) is 4.07. The Kier molecular flexibility index (Phi) is 8.85. The van der Waals surface area contributed by atoms with Crippen LogP contribution in [-0.4, -0.2) is 74.3 Å². The van der Waals surface area contributed by atoms with Crippen molar-refractivity contribution < 1.29 is 19.4 Å². The largest absolute Gasteiger partial charge is 0.492 e. The first kappa shape index (κ1) is 26.0. The van der Waals surface area contributed by atoms with E-state index in [9.17, 15) is 9.90 Å². The Labute approximate surface area is 221 Å². The Morgan fingerprint density at radius 2 is 1.72 bits per heavy atom. The molecule has 0 aliphatic carbocycles. The van der Waals surface area contributed by atoms with Crippen LogP contribution in [-0.2, 0) is 6.54 Å². The van der Waals surface area contributed by atoms with Gasteiger partial charge in [0.1, 0.15) is 29.4 Å². The zero-order chi connectivity index (χ0) is 25.5. The summed E-state index contributed by atoms with van der Waals surface area (Å²) < 4.78 is 12.9. The number of hydrogen-bond acceptors (Lipinski definition) is 6. The highest BCUT2D eigenvalue weighted by molar-refractivity contribution is 9.10.